The molecule has 1 radical (unpaired) electrons. The summed E-state index contributed by atoms with van der Waals surface area (Å²) in [5.41, 5.74) is 0.174. The fourth-order valence-corrected chi connectivity index (χ4v) is 0.747. The molecule has 0 spiro atoms. The van der Waals surface area contributed by atoms with Gasteiger partial charge in [-0.1, -0.05) is 0 Å². The van der Waals surface area contributed by atoms with Crippen molar-refractivity contribution in [2.24, 2.45) is 4.99 Å². The maximum Gasteiger partial charge on any atom is 3.00 e. The first-order valence-electron chi connectivity index (χ1n) is 4.10. The van der Waals surface area contributed by atoms with Gasteiger partial charge in [-0.05, 0) is 12.2 Å². The van der Waals surface area contributed by atoms with E-state index >= 15 is 0 Å². The van der Waals surface area contributed by atoms with Crippen LogP contribution in [0.3, 0.4) is 0 Å². The monoisotopic (exact) mass is 306 g/mol. The van der Waals surface area contributed by atoms with Crippen molar-refractivity contribution in [3.05, 3.63) is 63.4 Å². The van der Waals surface area contributed by atoms with Crippen LogP contribution < -0.4 is 0 Å². The van der Waals surface area contributed by atoms with Crippen LogP contribution in [0.2, 0.25) is 0 Å². The van der Waals surface area contributed by atoms with E-state index in [1.54, 1.807) is 6.08 Å². The number of rotatable bonds is 0. The molecular weight excluding hydrogens is 289 g/mol. The van der Waals surface area contributed by atoms with Gasteiger partial charge < -0.3 is 14.9 Å². The summed E-state index contributed by atoms with van der Waals surface area (Å²) in [4.78, 5) is 3.56. The second-order valence-corrected chi connectivity index (χ2v) is 2.48. The molecule has 99 valence electrons. The smallest absolute Gasteiger partial charge is 0.358 e. The molecule has 0 fully saturated rings. The second-order valence-electron chi connectivity index (χ2n) is 2.48. The van der Waals surface area contributed by atoms with Crippen LogP contribution in [-0.2, 0) is 17.1 Å². The molecule has 0 amide bonds. The second kappa shape index (κ2) is 15.8. The minimum absolute atomic E-state index is 0. The van der Waals surface area contributed by atoms with Gasteiger partial charge in [-0.2, -0.15) is 36.4 Å². The van der Waals surface area contributed by atoms with Crippen molar-refractivity contribution in [1.29, 1.82) is 10.8 Å². The van der Waals surface area contributed by atoms with Crippen LogP contribution in [0.1, 0.15) is 0 Å². The number of amidine groups is 1. The zero-order valence-electron chi connectivity index (χ0n) is 10.3. The first-order valence-corrected chi connectivity index (χ1v) is 4.10. The van der Waals surface area contributed by atoms with E-state index in [9.17, 15) is 0 Å². The topological polar surface area (TPSA) is 60.1 Å². The third-order valence-electron chi connectivity index (χ3n) is 1.41. The van der Waals surface area contributed by atoms with Gasteiger partial charge in [0, 0.05) is 6.21 Å². The molecule has 1 aliphatic rings. The van der Waals surface area contributed by atoms with Crippen LogP contribution in [0.15, 0.2) is 47.5 Å². The Bertz CT molecular complexity index is 326. The van der Waals surface area contributed by atoms with Crippen LogP contribution in [0.5, 0.6) is 0 Å². The van der Waals surface area contributed by atoms with E-state index in [1.165, 1.54) is 12.3 Å². The van der Waals surface area contributed by atoms with Gasteiger partial charge in [-0.3, -0.25) is 10.8 Å². The average Bonchev–Trinajstić information content (AvgIpc) is 2.26. The molecule has 0 aliphatic carbocycles. The molecule has 0 atom stereocenters. The number of dihydropyridines is 1. The van der Waals surface area contributed by atoms with Crippen molar-refractivity contribution >= 4 is 30.2 Å². The van der Waals surface area contributed by atoms with Gasteiger partial charge in [0.1, 0.15) is 0 Å². The quantitative estimate of drug-likeness (QED) is 0.545. The third kappa shape index (κ3) is 11.3. The Morgan fingerprint density at radius 1 is 1.00 bits per heavy atom. The summed E-state index contributed by atoms with van der Waals surface area (Å²) < 4.78 is 0. The van der Waals surface area contributed by atoms with Gasteiger partial charge in [0.2, 0.25) is 0 Å². The van der Waals surface area contributed by atoms with Crippen molar-refractivity contribution in [3.8, 4) is 0 Å². The van der Waals surface area contributed by atoms with Crippen LogP contribution in [0.4, 0.5) is 0 Å². The fourth-order valence-electron chi connectivity index (χ4n) is 0.747. The number of benzene rings is 1. The molecule has 0 saturated carbocycles. The molecule has 5 heteroatoms. The Hall–Kier alpha value is -1.22. The largest absolute Gasteiger partial charge is 3.00 e. The first kappa shape index (κ1) is 25.6. The number of hydrogen-bond acceptors (Lipinski definition) is 2. The molecular formula is C13H17ClFeN3. The molecule has 3 nitrogen and oxygen atoms in total. The summed E-state index contributed by atoms with van der Waals surface area (Å²) in [6.07, 6.45) is 4.68. The Labute approximate surface area is 126 Å². The molecule has 2 N–H and O–H groups in total. The van der Waals surface area contributed by atoms with E-state index in [-0.39, 0.29) is 55.9 Å². The summed E-state index contributed by atoms with van der Waals surface area (Å²) in [6, 6.07) is 12.5. The molecule has 2 rings (SSSR count). The Kier molecular flexibility index (Phi) is 22.4. The van der Waals surface area contributed by atoms with E-state index < -0.39 is 0 Å². The summed E-state index contributed by atoms with van der Waals surface area (Å²) in [6.45, 7) is 0. The number of hydrogen-bond donors (Lipinski definition) is 2. The number of halogens is 1. The van der Waals surface area contributed by atoms with E-state index in [2.05, 4.69) is 11.1 Å². The van der Waals surface area contributed by atoms with Crippen LogP contribution in [0.25, 0.3) is 0 Å². The Morgan fingerprint density at radius 2 is 1.56 bits per heavy atom. The van der Waals surface area contributed by atoms with Crippen molar-refractivity contribution in [2.75, 3.05) is 0 Å². The van der Waals surface area contributed by atoms with E-state index in [0.717, 1.165) is 0 Å². The van der Waals surface area contributed by atoms with Gasteiger partial charge in [-0.15, -0.1) is 12.4 Å². The van der Waals surface area contributed by atoms with Gasteiger partial charge >= 0.3 is 17.1 Å². The normalized spacial score (nSPS) is 10.4. The zero-order chi connectivity index (χ0) is 10.2. The Morgan fingerprint density at radius 3 is 1.78 bits per heavy atom. The molecule has 0 unspecified atom stereocenters. The van der Waals surface area contributed by atoms with Gasteiger partial charge in [0.25, 0.3) is 0 Å². The first-order chi connectivity index (χ1) is 6.80. The summed E-state index contributed by atoms with van der Waals surface area (Å²) in [5.74, 6) is 0.0347. The van der Waals surface area contributed by atoms with Gasteiger partial charge in [-0.25, -0.2) is 4.99 Å². The van der Waals surface area contributed by atoms with Gasteiger partial charge in [0.15, 0.2) is 5.84 Å². The maximum atomic E-state index is 6.97. The van der Waals surface area contributed by atoms with Crippen LogP contribution in [-0.4, -0.2) is 17.8 Å². The maximum absolute atomic E-state index is 6.97. The van der Waals surface area contributed by atoms with Crippen molar-refractivity contribution in [2.45, 2.75) is 0 Å². The molecule has 18 heavy (non-hydrogen) atoms. The van der Waals surface area contributed by atoms with Crippen LogP contribution in [0, 0.1) is 31.7 Å². The molecule has 0 aromatic heterocycles. The van der Waals surface area contributed by atoms with E-state index in [4.69, 9.17) is 10.8 Å². The summed E-state index contributed by atoms with van der Waals surface area (Å²) >= 11 is 0. The predicted octanol–water partition coefficient (Wildman–Crippen LogP) is 3.43. The minimum Gasteiger partial charge on any atom is -0.358 e. The number of allylic oxidation sites excluding steroid dienone is 1. The van der Waals surface area contributed by atoms with Crippen molar-refractivity contribution in [1.82, 2.24) is 0 Å². The molecule has 1 aliphatic heterocycles. The molecule has 1 heterocycles. The van der Waals surface area contributed by atoms with Crippen LogP contribution >= 0.6 is 12.4 Å². The standard InChI is InChI=1S/C6H5.C5H5N3.2CH3.ClH.Fe/c1-2-4-6-5-3-1;6-4-2-1-3-8-5(4)7;;;;/h1-5H;1-3,6-7H;2*1H3;1H;/q-1;;2*-1;;+3. The molecule has 0 bridgehead atoms. The van der Waals surface area contributed by atoms with E-state index in [1.807, 2.05) is 30.3 Å². The fraction of sp³-hybridized carbons (Fsp3) is 0. The molecule has 0 saturated heterocycles. The van der Waals surface area contributed by atoms with Crippen molar-refractivity contribution < 1.29 is 17.1 Å². The molecule has 1 aromatic rings. The predicted molar refractivity (Wildman–Crippen MR) is 78.4 cm³/mol. The zero-order valence-corrected chi connectivity index (χ0v) is 12.2. The summed E-state index contributed by atoms with van der Waals surface area (Å²) in [7, 11) is 0. The Balaban J connectivity index is -0.0000000910. The number of aliphatic imine (C=N–C) groups is 1. The summed E-state index contributed by atoms with van der Waals surface area (Å²) in [5, 5.41) is 13.9. The SMILES string of the molecule is Cl.N=C1C=CC=NC1=N.[CH3-].[CH3-].[Fe+3].[c-]1ccccc1. The van der Waals surface area contributed by atoms with Gasteiger partial charge in [0.05, 0.1) is 5.71 Å². The average molecular weight is 307 g/mol. The molecule has 1 aromatic carbocycles. The number of nitrogens with zero attached hydrogens (tertiary/aromatic N) is 1. The van der Waals surface area contributed by atoms with Crippen molar-refractivity contribution in [3.63, 3.8) is 0 Å². The number of nitrogens with one attached hydrogen (secondary N) is 2. The van der Waals surface area contributed by atoms with E-state index in [0.29, 0.717) is 0 Å². The third-order valence-corrected chi connectivity index (χ3v) is 1.41. The minimum atomic E-state index is 0.